The molecule has 56 heavy (non-hydrogen) atoms. The van der Waals surface area contributed by atoms with E-state index in [1.165, 1.54) is 120 Å². The number of aryl methyl sites for hydroxylation is 6. The van der Waals surface area contributed by atoms with Crippen molar-refractivity contribution in [3.8, 4) is 90.5 Å². The molecular weight excluding hydrogens is 873 g/mol. The van der Waals surface area contributed by atoms with Crippen LogP contribution in [0.3, 0.4) is 0 Å². The van der Waals surface area contributed by atoms with Gasteiger partial charge >= 0.3 is 0 Å². The molecule has 0 atom stereocenters. The summed E-state index contributed by atoms with van der Waals surface area (Å²) in [5, 5.41) is 0. The lowest BCUT2D eigenvalue weighted by Crippen LogP contribution is -1.75. The van der Waals surface area contributed by atoms with Gasteiger partial charge in [0.2, 0.25) is 0 Å². The molecule has 0 fully saturated rings. The first-order valence-corrected chi connectivity index (χ1v) is 26.3. The quantitative estimate of drug-likeness (QED) is 0.135. The minimum atomic E-state index is 1.34. The van der Waals surface area contributed by atoms with E-state index in [2.05, 4.69) is 139 Å². The zero-order valence-corrected chi connectivity index (χ0v) is 39.5. The van der Waals surface area contributed by atoms with Crippen LogP contribution in [0, 0.1) is 41.5 Å². The van der Waals surface area contributed by atoms with Gasteiger partial charge in [-0.05, 0) is 139 Å². The van der Waals surface area contributed by atoms with E-state index >= 15 is 0 Å². The first kappa shape index (κ1) is 37.3. The van der Waals surface area contributed by atoms with Gasteiger partial charge < -0.3 is 0 Å². The van der Waals surface area contributed by atoms with Crippen LogP contribution in [0.2, 0.25) is 0 Å². The molecule has 10 aromatic heterocycles. The summed E-state index contributed by atoms with van der Waals surface area (Å²) >= 11 is 19.2. The number of hydrogen-bond acceptors (Lipinski definition) is 10. The Bertz CT molecular complexity index is 2690. The normalized spacial score (nSPS) is 11.8. The van der Waals surface area contributed by atoms with Gasteiger partial charge in [0, 0.05) is 100 Å². The highest BCUT2D eigenvalue weighted by molar-refractivity contribution is 7.32. The van der Waals surface area contributed by atoms with Crippen molar-refractivity contribution in [2.75, 3.05) is 0 Å². The maximum atomic E-state index is 2.49. The molecule has 0 aliphatic heterocycles. The molecule has 0 aliphatic rings. The Hall–Kier alpha value is -3.00. The Morgan fingerprint density at radius 2 is 0.429 bits per heavy atom. The Morgan fingerprint density at radius 1 is 0.214 bits per heavy atom. The van der Waals surface area contributed by atoms with Gasteiger partial charge in [0.15, 0.2) is 0 Å². The molecule has 10 rings (SSSR count). The third-order valence-corrected chi connectivity index (χ3v) is 21.2. The van der Waals surface area contributed by atoms with Crippen LogP contribution in [0.15, 0.2) is 97.1 Å². The lowest BCUT2D eigenvalue weighted by atomic mass is 10.1. The maximum Gasteiger partial charge on any atom is 0.0542 e. The van der Waals surface area contributed by atoms with E-state index in [0.717, 1.165) is 0 Å². The molecular formula is C46H34S10. The van der Waals surface area contributed by atoms with E-state index in [-0.39, 0.29) is 0 Å². The minimum absolute atomic E-state index is 1.34. The summed E-state index contributed by atoms with van der Waals surface area (Å²) in [6.45, 7) is 13.3. The highest BCUT2D eigenvalue weighted by atomic mass is 32.1. The number of hydrogen-bond donors (Lipinski definition) is 0. The van der Waals surface area contributed by atoms with E-state index in [9.17, 15) is 0 Å². The Kier molecular flexibility index (Phi) is 9.98. The molecule has 0 aliphatic carbocycles. The van der Waals surface area contributed by atoms with Gasteiger partial charge in [-0.25, -0.2) is 0 Å². The summed E-state index contributed by atoms with van der Waals surface area (Å²) in [6, 6.07) is 37.4. The van der Waals surface area contributed by atoms with Gasteiger partial charge in [0.1, 0.15) is 0 Å². The van der Waals surface area contributed by atoms with Crippen LogP contribution in [0.1, 0.15) is 29.3 Å². The molecule has 0 radical (unpaired) electrons. The molecule has 0 N–H and O–H groups in total. The summed E-state index contributed by atoms with van der Waals surface area (Å²) in [7, 11) is 0. The predicted molar refractivity (Wildman–Crippen MR) is 263 cm³/mol. The van der Waals surface area contributed by atoms with Gasteiger partial charge in [-0.15, -0.1) is 113 Å². The fraction of sp³-hybridized carbons (Fsp3) is 0.130. The van der Waals surface area contributed by atoms with Crippen LogP contribution < -0.4 is 0 Å². The van der Waals surface area contributed by atoms with Crippen LogP contribution in [0.25, 0.3) is 90.5 Å². The molecule has 0 saturated carbocycles. The van der Waals surface area contributed by atoms with Gasteiger partial charge in [-0.3, -0.25) is 0 Å². The van der Waals surface area contributed by atoms with E-state index in [1.54, 1.807) is 0 Å². The molecule has 0 amide bonds. The fourth-order valence-electron chi connectivity index (χ4n) is 6.92. The zero-order chi connectivity index (χ0) is 38.2. The second kappa shape index (κ2) is 15.0. The average molecular weight is 907 g/mol. The molecule has 10 heterocycles. The minimum Gasteiger partial charge on any atom is -0.141 e. The number of rotatable bonds is 9. The summed E-state index contributed by atoms with van der Waals surface area (Å²) in [5.41, 5.74) is 5.40. The van der Waals surface area contributed by atoms with Crippen molar-refractivity contribution >= 4 is 113 Å². The maximum absolute atomic E-state index is 2.49. The standard InChI is InChI=1S/C46H34S10/c1-23-7-13-33(47-23)29-19-39(53-43(29)37-17-11-27(5)51-37)41-21-31(35-15-9-25(3)49-35)45(55-41)46-32(36-16-10-26(4)50-36)22-42(56-46)40-20-30(34-14-8-24(2)48-34)44(54-40)38-18-12-28(6)52-38/h7-22H,1-6H3. The summed E-state index contributed by atoms with van der Waals surface area (Å²) in [5.74, 6) is 0. The van der Waals surface area contributed by atoms with Crippen molar-refractivity contribution < 1.29 is 0 Å². The summed E-state index contributed by atoms with van der Waals surface area (Å²) in [6.07, 6.45) is 0. The van der Waals surface area contributed by atoms with E-state index in [4.69, 9.17) is 0 Å². The van der Waals surface area contributed by atoms with Crippen molar-refractivity contribution in [3.05, 3.63) is 126 Å². The van der Waals surface area contributed by atoms with Crippen molar-refractivity contribution in [1.82, 2.24) is 0 Å². The molecule has 10 heteroatoms. The van der Waals surface area contributed by atoms with Crippen LogP contribution in [-0.4, -0.2) is 0 Å². The molecule has 0 saturated heterocycles. The van der Waals surface area contributed by atoms with Gasteiger partial charge in [0.05, 0.1) is 19.5 Å². The molecule has 278 valence electrons. The first-order valence-electron chi connectivity index (χ1n) is 18.1. The lowest BCUT2D eigenvalue weighted by Gasteiger charge is -2.03. The van der Waals surface area contributed by atoms with Crippen molar-refractivity contribution in [3.63, 3.8) is 0 Å². The monoisotopic (exact) mass is 906 g/mol. The van der Waals surface area contributed by atoms with Crippen LogP contribution in [-0.2, 0) is 0 Å². The zero-order valence-electron chi connectivity index (χ0n) is 31.3. The molecule has 0 nitrogen and oxygen atoms in total. The van der Waals surface area contributed by atoms with E-state index in [0.29, 0.717) is 0 Å². The highest BCUT2D eigenvalue weighted by Crippen LogP contribution is 2.57. The van der Waals surface area contributed by atoms with Gasteiger partial charge in [-0.1, -0.05) is 0 Å². The second-order valence-electron chi connectivity index (χ2n) is 13.9. The average Bonchev–Trinajstić information content (AvgIpc) is 4.00. The smallest absolute Gasteiger partial charge is 0.0542 e. The van der Waals surface area contributed by atoms with E-state index < -0.39 is 0 Å². The highest BCUT2D eigenvalue weighted by Gasteiger charge is 2.26. The van der Waals surface area contributed by atoms with Crippen molar-refractivity contribution in [2.45, 2.75) is 41.5 Å². The molecule has 0 aromatic carbocycles. The first-order chi connectivity index (χ1) is 27.1. The second-order valence-corrected chi connectivity index (χ2v) is 25.8. The van der Waals surface area contributed by atoms with Gasteiger partial charge in [0.25, 0.3) is 0 Å². The molecule has 0 bridgehead atoms. The summed E-state index contributed by atoms with van der Waals surface area (Å²) < 4.78 is 0. The van der Waals surface area contributed by atoms with Crippen molar-refractivity contribution in [1.29, 1.82) is 0 Å². The summed E-state index contributed by atoms with van der Waals surface area (Å²) in [4.78, 5) is 27.0. The fourth-order valence-corrected chi connectivity index (χ4v) is 17.7. The largest absolute Gasteiger partial charge is 0.141 e. The Morgan fingerprint density at radius 3 is 0.661 bits per heavy atom. The number of thiophene rings is 10. The SMILES string of the molecule is Cc1ccc(-c2cc(-c3cc(-c4ccc(C)s4)c(-c4sc(-c5cc(-c6ccc(C)s6)c(-c6ccc(C)s6)s5)cc4-c4ccc(C)s4)s3)sc2-c2ccc(C)s2)s1. The molecule has 10 aromatic rings. The Balaban J connectivity index is 1.17. The third kappa shape index (κ3) is 7.00. The third-order valence-electron chi connectivity index (χ3n) is 9.57. The Labute approximate surface area is 368 Å². The van der Waals surface area contributed by atoms with Crippen LogP contribution in [0.5, 0.6) is 0 Å². The van der Waals surface area contributed by atoms with Crippen LogP contribution in [0.4, 0.5) is 0 Å². The topological polar surface area (TPSA) is 0 Å². The van der Waals surface area contributed by atoms with Crippen LogP contribution >= 0.6 is 113 Å². The molecule has 0 spiro atoms. The van der Waals surface area contributed by atoms with Crippen molar-refractivity contribution in [2.24, 2.45) is 0 Å². The predicted octanol–water partition coefficient (Wildman–Crippen LogP) is 19.2. The lowest BCUT2D eigenvalue weighted by molar-refractivity contribution is 1.64. The molecule has 0 unspecified atom stereocenters. The van der Waals surface area contributed by atoms with E-state index in [1.807, 2.05) is 113 Å². The van der Waals surface area contributed by atoms with Gasteiger partial charge in [-0.2, -0.15) is 0 Å².